The van der Waals surface area contributed by atoms with Gasteiger partial charge in [-0.05, 0) is 24.3 Å². The summed E-state index contributed by atoms with van der Waals surface area (Å²) in [5, 5.41) is 0. The summed E-state index contributed by atoms with van der Waals surface area (Å²) >= 11 is 0. The third kappa shape index (κ3) is 3.20. The van der Waals surface area contributed by atoms with E-state index >= 15 is 0 Å². The van der Waals surface area contributed by atoms with Gasteiger partial charge in [-0.3, -0.25) is 4.79 Å². The molecule has 2 aromatic rings. The molecule has 2 aliphatic rings. The zero-order valence-electron chi connectivity index (χ0n) is 14.5. The first-order valence-corrected chi connectivity index (χ1v) is 10.0. The molecule has 2 fully saturated rings. The Bertz CT molecular complexity index is 789. The molecular formula is C20H22N2O3S. The van der Waals surface area contributed by atoms with Crippen LogP contribution in [0.25, 0.3) is 0 Å². The fraction of sp³-hybridized carbons (Fsp3) is 0.350. The number of likely N-dealkylation sites (tertiary alicyclic amines) is 1. The van der Waals surface area contributed by atoms with E-state index in [1.54, 1.807) is 0 Å². The number of carbonyl (C=O) groups excluding carboxylic acids is 1. The number of hydrogen-bond acceptors (Lipinski definition) is 3. The molecule has 6 heteroatoms. The van der Waals surface area contributed by atoms with Crippen molar-refractivity contribution in [3.63, 3.8) is 0 Å². The Morgan fingerprint density at radius 2 is 1.54 bits per heavy atom. The average molecular weight is 370 g/mol. The summed E-state index contributed by atoms with van der Waals surface area (Å²) in [6.45, 7) is 2.44. The van der Waals surface area contributed by atoms with E-state index in [1.165, 1.54) is 0 Å². The second kappa shape index (κ2) is 7.31. The van der Waals surface area contributed by atoms with Gasteiger partial charge in [0.2, 0.25) is 0 Å². The Kier molecular flexibility index (Phi) is 4.89. The van der Waals surface area contributed by atoms with Crippen molar-refractivity contribution >= 4 is 16.9 Å². The normalized spacial score (nSPS) is 21.0. The van der Waals surface area contributed by atoms with Gasteiger partial charge in [0.15, 0.2) is 0 Å². The first kappa shape index (κ1) is 17.4. The third-order valence-electron chi connectivity index (χ3n) is 5.12. The van der Waals surface area contributed by atoms with Crippen LogP contribution in [-0.4, -0.2) is 51.3 Å². The van der Waals surface area contributed by atoms with Gasteiger partial charge in [-0.15, -0.1) is 0 Å². The van der Waals surface area contributed by atoms with Crippen LogP contribution in [-0.2, 0) is 15.7 Å². The highest BCUT2D eigenvalue weighted by molar-refractivity contribution is 7.82. The Morgan fingerprint density at radius 1 is 0.923 bits per heavy atom. The van der Waals surface area contributed by atoms with Crippen LogP contribution in [0.1, 0.15) is 23.2 Å². The maximum absolute atomic E-state index is 13.0. The topological polar surface area (TPSA) is 49.9 Å². The lowest BCUT2D eigenvalue weighted by atomic mass is 10.00. The van der Waals surface area contributed by atoms with Crippen molar-refractivity contribution in [2.24, 2.45) is 0 Å². The summed E-state index contributed by atoms with van der Waals surface area (Å²) in [6.07, 6.45) is 1.34. The summed E-state index contributed by atoms with van der Waals surface area (Å²) in [5.41, 5.74) is 0.175. The minimum absolute atomic E-state index is 0.0502. The summed E-state index contributed by atoms with van der Waals surface area (Å²) < 4.78 is 21.1. The molecule has 0 N–H and O–H groups in total. The Morgan fingerprint density at radius 3 is 2.19 bits per heavy atom. The standard InChI is InChI=1S/C20H22N2O3S/c23-19(17-7-3-1-4-8-17)21-13-11-20(12-14-21)22(15-16-25-20)26(24)18-9-5-2-6-10-18/h1-10H,11-16H2. The van der Waals surface area contributed by atoms with Gasteiger partial charge in [0.05, 0.1) is 11.5 Å². The third-order valence-corrected chi connectivity index (χ3v) is 6.71. The van der Waals surface area contributed by atoms with Gasteiger partial charge in [0.1, 0.15) is 16.7 Å². The van der Waals surface area contributed by atoms with Crippen LogP contribution in [0.4, 0.5) is 0 Å². The highest BCUT2D eigenvalue weighted by Gasteiger charge is 2.48. The molecule has 1 atom stereocenters. The number of hydrogen-bond donors (Lipinski definition) is 0. The van der Waals surface area contributed by atoms with E-state index in [1.807, 2.05) is 69.9 Å². The molecule has 0 saturated carbocycles. The minimum Gasteiger partial charge on any atom is -0.358 e. The Balaban J connectivity index is 1.47. The molecular weight excluding hydrogens is 348 g/mol. The largest absolute Gasteiger partial charge is 0.358 e. The van der Waals surface area contributed by atoms with E-state index in [4.69, 9.17) is 4.74 Å². The summed E-state index contributed by atoms with van der Waals surface area (Å²) in [7, 11) is -1.25. The highest BCUT2D eigenvalue weighted by atomic mass is 32.2. The van der Waals surface area contributed by atoms with Crippen molar-refractivity contribution in [2.75, 3.05) is 26.2 Å². The molecule has 4 rings (SSSR count). The molecule has 1 spiro atoms. The van der Waals surface area contributed by atoms with E-state index in [0.29, 0.717) is 44.6 Å². The van der Waals surface area contributed by atoms with Gasteiger partial charge < -0.3 is 9.64 Å². The molecule has 2 aliphatic heterocycles. The first-order valence-electron chi connectivity index (χ1n) is 8.92. The zero-order valence-corrected chi connectivity index (χ0v) is 15.4. The van der Waals surface area contributed by atoms with Crippen LogP contribution in [0.2, 0.25) is 0 Å². The maximum atomic E-state index is 13.0. The summed E-state index contributed by atoms with van der Waals surface area (Å²) in [4.78, 5) is 15.3. The zero-order chi connectivity index (χ0) is 18.0. The predicted octanol–water partition coefficient (Wildman–Crippen LogP) is 2.67. The smallest absolute Gasteiger partial charge is 0.253 e. The van der Waals surface area contributed by atoms with Crippen molar-refractivity contribution in [3.8, 4) is 0 Å². The lowest BCUT2D eigenvalue weighted by Gasteiger charge is -2.42. The quantitative estimate of drug-likeness (QED) is 0.835. The SMILES string of the molecule is O=C(c1ccccc1)N1CCC2(CC1)OCCN2S(=O)c1ccccc1. The lowest BCUT2D eigenvalue weighted by molar-refractivity contribution is -0.0843. The maximum Gasteiger partial charge on any atom is 0.253 e. The highest BCUT2D eigenvalue weighted by Crippen LogP contribution is 2.37. The van der Waals surface area contributed by atoms with E-state index in [-0.39, 0.29) is 5.91 Å². The van der Waals surface area contributed by atoms with E-state index in [0.717, 1.165) is 4.90 Å². The number of nitrogens with zero attached hydrogens (tertiary/aromatic N) is 2. The van der Waals surface area contributed by atoms with Gasteiger partial charge in [0, 0.05) is 38.0 Å². The minimum atomic E-state index is -1.25. The second-order valence-corrected chi connectivity index (χ2v) is 8.03. The van der Waals surface area contributed by atoms with Crippen LogP contribution >= 0.6 is 0 Å². The van der Waals surface area contributed by atoms with Crippen molar-refractivity contribution in [1.29, 1.82) is 0 Å². The van der Waals surface area contributed by atoms with Gasteiger partial charge in [-0.2, -0.15) is 4.31 Å². The number of ether oxygens (including phenoxy) is 1. The lowest BCUT2D eigenvalue weighted by Crippen LogP contribution is -2.54. The van der Waals surface area contributed by atoms with Crippen LogP contribution in [0.3, 0.4) is 0 Å². The molecule has 0 bridgehead atoms. The van der Waals surface area contributed by atoms with E-state index in [2.05, 4.69) is 0 Å². The number of rotatable bonds is 3. The predicted molar refractivity (Wildman–Crippen MR) is 99.8 cm³/mol. The first-order chi connectivity index (χ1) is 12.7. The second-order valence-electron chi connectivity index (χ2n) is 6.62. The van der Waals surface area contributed by atoms with Crippen molar-refractivity contribution in [2.45, 2.75) is 23.5 Å². The summed E-state index contributed by atoms with van der Waals surface area (Å²) in [5.74, 6) is 0.0502. The summed E-state index contributed by atoms with van der Waals surface area (Å²) in [6, 6.07) is 18.8. The molecule has 2 saturated heterocycles. The van der Waals surface area contributed by atoms with Crippen molar-refractivity contribution in [1.82, 2.24) is 9.21 Å². The fourth-order valence-electron chi connectivity index (χ4n) is 3.71. The average Bonchev–Trinajstić information content (AvgIpc) is 3.12. The fourth-order valence-corrected chi connectivity index (χ4v) is 5.13. The van der Waals surface area contributed by atoms with Crippen LogP contribution in [0.15, 0.2) is 65.6 Å². The van der Waals surface area contributed by atoms with E-state index < -0.39 is 16.7 Å². The van der Waals surface area contributed by atoms with E-state index in [9.17, 15) is 9.00 Å². The van der Waals surface area contributed by atoms with Crippen LogP contribution < -0.4 is 0 Å². The van der Waals surface area contributed by atoms with Crippen molar-refractivity contribution in [3.05, 3.63) is 66.2 Å². The molecule has 5 nitrogen and oxygen atoms in total. The molecule has 1 unspecified atom stereocenters. The number of carbonyl (C=O) groups is 1. The van der Waals surface area contributed by atoms with Gasteiger partial charge in [-0.25, -0.2) is 4.21 Å². The molecule has 0 aliphatic carbocycles. The molecule has 1 amide bonds. The molecule has 2 heterocycles. The number of amides is 1. The van der Waals surface area contributed by atoms with Crippen LogP contribution in [0.5, 0.6) is 0 Å². The van der Waals surface area contributed by atoms with Gasteiger partial charge in [0.25, 0.3) is 5.91 Å². The monoisotopic (exact) mass is 370 g/mol. The van der Waals surface area contributed by atoms with Crippen LogP contribution in [0, 0.1) is 0 Å². The van der Waals surface area contributed by atoms with Gasteiger partial charge >= 0.3 is 0 Å². The number of benzene rings is 2. The Labute approximate surface area is 156 Å². The molecule has 26 heavy (non-hydrogen) atoms. The molecule has 0 aromatic heterocycles. The number of piperidine rings is 1. The van der Waals surface area contributed by atoms with Gasteiger partial charge in [-0.1, -0.05) is 36.4 Å². The Hall–Kier alpha value is -2.02. The van der Waals surface area contributed by atoms with Crippen molar-refractivity contribution < 1.29 is 13.7 Å². The molecule has 2 aromatic carbocycles. The molecule has 136 valence electrons. The molecule has 0 radical (unpaired) electrons.